The first kappa shape index (κ1) is 19.5. The fraction of sp³-hybridized carbons (Fsp3) is 0.500. The number of hydrogen-bond acceptors (Lipinski definition) is 3. The first-order valence-corrected chi connectivity index (χ1v) is 9.89. The lowest BCUT2D eigenvalue weighted by molar-refractivity contribution is 0.137. The van der Waals surface area contributed by atoms with Crippen LogP contribution in [0.15, 0.2) is 41.0 Å². The average molecular weight is 370 g/mol. The number of para-hydroxylation sites is 1. The van der Waals surface area contributed by atoms with Gasteiger partial charge in [-0.15, -0.1) is 0 Å². The molecule has 1 aromatic heterocycles. The predicted octanol–water partition coefficient (Wildman–Crippen LogP) is 4.88. The second-order valence-electron chi connectivity index (χ2n) is 7.89. The van der Waals surface area contributed by atoms with Gasteiger partial charge >= 0.3 is 6.03 Å². The van der Waals surface area contributed by atoms with Crippen LogP contribution in [0.5, 0.6) is 0 Å². The summed E-state index contributed by atoms with van der Waals surface area (Å²) in [6.07, 6.45) is 1.71. The molecule has 0 atom stereocenters. The molecule has 1 aromatic carbocycles. The first-order chi connectivity index (χ1) is 13.0. The minimum absolute atomic E-state index is 0.00245. The largest absolute Gasteiger partial charge is 0.468 e. The summed E-state index contributed by atoms with van der Waals surface area (Å²) in [6.45, 7) is 12.7. The van der Waals surface area contributed by atoms with Crippen molar-refractivity contribution in [2.45, 2.75) is 46.1 Å². The molecule has 5 nitrogen and oxygen atoms in total. The Labute approximate surface area is 162 Å². The summed E-state index contributed by atoms with van der Waals surface area (Å²) in [4.78, 5) is 17.2. The third kappa shape index (κ3) is 4.72. The van der Waals surface area contributed by atoms with Crippen molar-refractivity contribution in [3.8, 4) is 0 Å². The van der Waals surface area contributed by atoms with Crippen LogP contribution in [-0.4, -0.2) is 42.0 Å². The number of furan rings is 1. The predicted molar refractivity (Wildman–Crippen MR) is 109 cm³/mol. The van der Waals surface area contributed by atoms with Gasteiger partial charge < -0.3 is 14.6 Å². The van der Waals surface area contributed by atoms with Crippen LogP contribution in [0.4, 0.5) is 10.5 Å². The molecule has 0 saturated carbocycles. The van der Waals surface area contributed by atoms with Gasteiger partial charge in [-0.3, -0.25) is 4.90 Å². The molecule has 2 heterocycles. The molecule has 0 unspecified atom stereocenters. The van der Waals surface area contributed by atoms with E-state index in [0.717, 1.165) is 44.2 Å². The highest BCUT2D eigenvalue weighted by Crippen LogP contribution is 2.32. The molecule has 27 heavy (non-hydrogen) atoms. The Kier molecular flexibility index (Phi) is 6.22. The summed E-state index contributed by atoms with van der Waals surface area (Å²) in [5.41, 5.74) is 3.39. The quantitative estimate of drug-likeness (QED) is 0.817. The van der Waals surface area contributed by atoms with Gasteiger partial charge in [0.25, 0.3) is 0 Å². The lowest BCUT2D eigenvalue weighted by Gasteiger charge is -2.34. The van der Waals surface area contributed by atoms with E-state index in [-0.39, 0.29) is 6.03 Å². The van der Waals surface area contributed by atoms with E-state index in [1.54, 1.807) is 6.26 Å². The van der Waals surface area contributed by atoms with E-state index in [2.05, 4.69) is 56.1 Å². The summed E-state index contributed by atoms with van der Waals surface area (Å²) in [5.74, 6) is 1.70. The molecule has 1 saturated heterocycles. The van der Waals surface area contributed by atoms with Crippen molar-refractivity contribution in [3.05, 3.63) is 53.5 Å². The number of urea groups is 1. The third-order valence-electron chi connectivity index (χ3n) is 5.22. The van der Waals surface area contributed by atoms with Crippen LogP contribution in [0.3, 0.4) is 0 Å². The lowest BCUT2D eigenvalue weighted by Crippen LogP contribution is -2.49. The zero-order valence-corrected chi connectivity index (χ0v) is 16.9. The Morgan fingerprint density at radius 1 is 1.00 bits per heavy atom. The molecular weight excluding hydrogens is 338 g/mol. The van der Waals surface area contributed by atoms with Gasteiger partial charge in [0.15, 0.2) is 0 Å². The third-order valence-corrected chi connectivity index (χ3v) is 5.22. The second-order valence-corrected chi connectivity index (χ2v) is 7.89. The zero-order chi connectivity index (χ0) is 19.4. The van der Waals surface area contributed by atoms with E-state index < -0.39 is 0 Å². The van der Waals surface area contributed by atoms with Crippen LogP contribution >= 0.6 is 0 Å². The Balaban J connectivity index is 1.64. The smallest absolute Gasteiger partial charge is 0.321 e. The van der Waals surface area contributed by atoms with Gasteiger partial charge in [0.1, 0.15) is 5.76 Å². The zero-order valence-electron chi connectivity index (χ0n) is 16.9. The van der Waals surface area contributed by atoms with Crippen molar-refractivity contribution >= 4 is 11.7 Å². The molecular formula is C22H31N3O2. The van der Waals surface area contributed by atoms with E-state index >= 15 is 0 Å². The van der Waals surface area contributed by atoms with Crippen molar-refractivity contribution in [1.82, 2.24) is 9.80 Å². The number of nitrogens with zero attached hydrogens (tertiary/aromatic N) is 2. The van der Waals surface area contributed by atoms with Crippen molar-refractivity contribution in [1.29, 1.82) is 0 Å². The first-order valence-electron chi connectivity index (χ1n) is 9.89. The minimum Gasteiger partial charge on any atom is -0.468 e. The molecule has 1 aliphatic rings. The summed E-state index contributed by atoms with van der Waals surface area (Å²) in [7, 11) is 0. The minimum atomic E-state index is 0.00245. The molecule has 3 rings (SSSR count). The molecule has 0 aliphatic carbocycles. The molecule has 1 N–H and O–H groups in total. The summed E-state index contributed by atoms with van der Waals surface area (Å²) in [5, 5.41) is 3.22. The van der Waals surface area contributed by atoms with Crippen molar-refractivity contribution in [3.63, 3.8) is 0 Å². The lowest BCUT2D eigenvalue weighted by atomic mass is 9.93. The number of hydrogen-bond donors (Lipinski definition) is 1. The molecule has 146 valence electrons. The van der Waals surface area contributed by atoms with Gasteiger partial charge in [0, 0.05) is 31.9 Å². The van der Waals surface area contributed by atoms with E-state index in [4.69, 9.17) is 4.42 Å². The Hall–Kier alpha value is -2.27. The number of anilines is 1. The maximum Gasteiger partial charge on any atom is 0.321 e. The monoisotopic (exact) mass is 369 g/mol. The fourth-order valence-corrected chi connectivity index (χ4v) is 3.61. The Morgan fingerprint density at radius 3 is 2.15 bits per heavy atom. The van der Waals surface area contributed by atoms with Gasteiger partial charge in [-0.2, -0.15) is 0 Å². The van der Waals surface area contributed by atoms with Crippen LogP contribution < -0.4 is 5.32 Å². The normalized spacial score (nSPS) is 15.6. The van der Waals surface area contributed by atoms with Crippen LogP contribution in [0.25, 0.3) is 0 Å². The summed E-state index contributed by atoms with van der Waals surface area (Å²) < 4.78 is 5.43. The van der Waals surface area contributed by atoms with Gasteiger partial charge in [-0.05, 0) is 35.1 Å². The highest BCUT2D eigenvalue weighted by molar-refractivity contribution is 5.91. The number of piperazine rings is 1. The Morgan fingerprint density at radius 2 is 1.63 bits per heavy atom. The summed E-state index contributed by atoms with van der Waals surface area (Å²) >= 11 is 0. The van der Waals surface area contributed by atoms with Crippen LogP contribution in [0.1, 0.15) is 56.4 Å². The van der Waals surface area contributed by atoms with Crippen molar-refractivity contribution < 1.29 is 9.21 Å². The number of carbonyl (C=O) groups excluding carboxylic acids is 1. The molecule has 5 heteroatoms. The number of nitrogens with one attached hydrogen (secondary N) is 1. The summed E-state index contributed by atoms with van der Waals surface area (Å²) in [6, 6.07) is 10.2. The van der Waals surface area contributed by atoms with Gasteiger partial charge in [-0.1, -0.05) is 45.9 Å². The molecule has 2 aromatic rings. The molecule has 1 fully saturated rings. The fourth-order valence-electron chi connectivity index (χ4n) is 3.61. The van der Waals surface area contributed by atoms with E-state index in [1.807, 2.05) is 17.0 Å². The highest BCUT2D eigenvalue weighted by Gasteiger charge is 2.23. The van der Waals surface area contributed by atoms with Crippen molar-refractivity contribution in [2.24, 2.45) is 0 Å². The van der Waals surface area contributed by atoms with Crippen LogP contribution in [0, 0.1) is 0 Å². The molecule has 1 aliphatic heterocycles. The number of benzene rings is 1. The maximum atomic E-state index is 12.9. The standard InChI is InChI=1S/C22H31N3O2/c1-16(2)19-8-5-9-20(17(3)4)21(19)23-22(26)25-12-10-24(11-13-25)15-18-7-6-14-27-18/h5-9,14,16-17H,10-13,15H2,1-4H3,(H,23,26). The second kappa shape index (κ2) is 8.61. The van der Waals surface area contributed by atoms with Gasteiger partial charge in [0.2, 0.25) is 0 Å². The topological polar surface area (TPSA) is 48.7 Å². The van der Waals surface area contributed by atoms with E-state index in [1.165, 1.54) is 11.1 Å². The van der Waals surface area contributed by atoms with Crippen LogP contribution in [0.2, 0.25) is 0 Å². The van der Waals surface area contributed by atoms with Crippen molar-refractivity contribution in [2.75, 3.05) is 31.5 Å². The van der Waals surface area contributed by atoms with Crippen LogP contribution in [-0.2, 0) is 6.54 Å². The maximum absolute atomic E-state index is 12.9. The molecule has 2 amide bonds. The molecule has 0 radical (unpaired) electrons. The van der Waals surface area contributed by atoms with Gasteiger partial charge in [-0.25, -0.2) is 4.79 Å². The highest BCUT2D eigenvalue weighted by atomic mass is 16.3. The number of carbonyl (C=O) groups is 1. The van der Waals surface area contributed by atoms with E-state index in [0.29, 0.717) is 11.8 Å². The molecule has 0 spiro atoms. The average Bonchev–Trinajstić information content (AvgIpc) is 3.15. The van der Waals surface area contributed by atoms with Gasteiger partial charge in [0.05, 0.1) is 12.8 Å². The molecule has 0 bridgehead atoms. The van der Waals surface area contributed by atoms with E-state index in [9.17, 15) is 4.79 Å². The number of amides is 2. The Bertz CT molecular complexity index is 719. The number of rotatable bonds is 5. The SMILES string of the molecule is CC(C)c1cccc(C(C)C)c1NC(=O)N1CCN(Cc2ccco2)CC1.